The first kappa shape index (κ1) is 13.8. The number of carbonyl (C=O) groups is 1. The summed E-state index contributed by atoms with van der Waals surface area (Å²) in [7, 11) is 4.03. The molecule has 0 aromatic rings. The van der Waals surface area contributed by atoms with E-state index in [1.54, 1.807) is 0 Å². The second-order valence-corrected chi connectivity index (χ2v) is 5.92. The van der Waals surface area contributed by atoms with Gasteiger partial charge in [0.1, 0.15) is 0 Å². The summed E-state index contributed by atoms with van der Waals surface area (Å²) >= 11 is 0. The number of nitrogens with one attached hydrogen (secondary N) is 1. The molecule has 0 spiro atoms. The number of hydrogen-bond acceptors (Lipinski definition) is 4. The fourth-order valence-electron chi connectivity index (χ4n) is 3.31. The number of piperazine rings is 1. The summed E-state index contributed by atoms with van der Waals surface area (Å²) in [6, 6.07) is 1.10. The van der Waals surface area contributed by atoms with E-state index in [2.05, 4.69) is 29.1 Å². The molecule has 5 heteroatoms. The molecule has 2 aliphatic rings. The number of primary amides is 1. The molecule has 1 saturated heterocycles. The lowest BCUT2D eigenvalue weighted by atomic mass is 9.96. The van der Waals surface area contributed by atoms with E-state index in [1.165, 1.54) is 0 Å². The summed E-state index contributed by atoms with van der Waals surface area (Å²) < 4.78 is 0. The van der Waals surface area contributed by atoms with Crippen LogP contribution in [0, 0.1) is 0 Å². The van der Waals surface area contributed by atoms with Crippen molar-refractivity contribution in [1.82, 2.24) is 15.1 Å². The number of nitrogens with two attached hydrogens (primary N) is 1. The van der Waals surface area contributed by atoms with Crippen LogP contribution in [0.1, 0.15) is 26.2 Å². The van der Waals surface area contributed by atoms with Gasteiger partial charge in [0, 0.05) is 31.7 Å². The van der Waals surface area contributed by atoms with Gasteiger partial charge >= 0.3 is 0 Å². The molecule has 2 fully saturated rings. The van der Waals surface area contributed by atoms with Gasteiger partial charge < -0.3 is 16.0 Å². The summed E-state index contributed by atoms with van der Waals surface area (Å²) in [6.07, 6.45) is 2.79. The van der Waals surface area contributed by atoms with Gasteiger partial charge in [-0.15, -0.1) is 0 Å². The SMILES string of the molecule is CNC1(C(N)=O)CCC(N2CCN(C)C(C)C2)C1. The van der Waals surface area contributed by atoms with Crippen LogP contribution < -0.4 is 11.1 Å². The van der Waals surface area contributed by atoms with Crippen molar-refractivity contribution < 1.29 is 4.79 Å². The Balaban J connectivity index is 1.98. The molecule has 3 atom stereocenters. The Kier molecular flexibility index (Phi) is 3.94. The van der Waals surface area contributed by atoms with E-state index in [0.29, 0.717) is 12.1 Å². The molecular formula is C13H26N4O. The average molecular weight is 254 g/mol. The Morgan fingerprint density at radius 1 is 1.44 bits per heavy atom. The summed E-state index contributed by atoms with van der Waals surface area (Å²) in [5, 5.41) is 3.15. The lowest BCUT2D eigenvalue weighted by Gasteiger charge is -2.41. The van der Waals surface area contributed by atoms with Crippen LogP contribution in [0.5, 0.6) is 0 Å². The molecule has 1 aliphatic carbocycles. The molecular weight excluding hydrogens is 228 g/mol. The molecule has 3 unspecified atom stereocenters. The van der Waals surface area contributed by atoms with E-state index < -0.39 is 5.54 Å². The minimum atomic E-state index is -0.475. The third kappa shape index (κ3) is 2.39. The normalized spacial score (nSPS) is 39.1. The van der Waals surface area contributed by atoms with E-state index >= 15 is 0 Å². The van der Waals surface area contributed by atoms with Crippen LogP contribution in [0.3, 0.4) is 0 Å². The van der Waals surface area contributed by atoms with Gasteiger partial charge in [-0.2, -0.15) is 0 Å². The van der Waals surface area contributed by atoms with Crippen LogP contribution in [0.25, 0.3) is 0 Å². The van der Waals surface area contributed by atoms with Crippen molar-refractivity contribution in [2.75, 3.05) is 33.7 Å². The van der Waals surface area contributed by atoms with Crippen molar-refractivity contribution in [3.63, 3.8) is 0 Å². The van der Waals surface area contributed by atoms with Gasteiger partial charge in [0.05, 0.1) is 5.54 Å². The number of likely N-dealkylation sites (N-methyl/N-ethyl adjacent to an activating group) is 2. The lowest BCUT2D eigenvalue weighted by molar-refractivity contribution is -0.124. The zero-order chi connectivity index (χ0) is 13.3. The number of rotatable bonds is 3. The molecule has 2 rings (SSSR count). The van der Waals surface area contributed by atoms with Gasteiger partial charge in [0.15, 0.2) is 0 Å². The maximum Gasteiger partial charge on any atom is 0.237 e. The summed E-state index contributed by atoms with van der Waals surface area (Å²) in [5.74, 6) is -0.199. The number of amides is 1. The summed E-state index contributed by atoms with van der Waals surface area (Å²) in [5.41, 5.74) is 5.08. The number of hydrogen-bond donors (Lipinski definition) is 2. The van der Waals surface area contributed by atoms with Gasteiger partial charge in [0.25, 0.3) is 0 Å². The predicted octanol–water partition coefficient (Wildman–Crippen LogP) is -0.382. The highest BCUT2D eigenvalue weighted by Gasteiger charge is 2.45. The van der Waals surface area contributed by atoms with Gasteiger partial charge in [-0.25, -0.2) is 0 Å². The van der Waals surface area contributed by atoms with Crippen LogP contribution in [0.15, 0.2) is 0 Å². The monoisotopic (exact) mass is 254 g/mol. The molecule has 0 radical (unpaired) electrons. The fourth-order valence-corrected chi connectivity index (χ4v) is 3.31. The van der Waals surface area contributed by atoms with Crippen LogP contribution >= 0.6 is 0 Å². The highest BCUT2D eigenvalue weighted by Crippen LogP contribution is 2.33. The first-order chi connectivity index (χ1) is 8.48. The third-order valence-corrected chi connectivity index (χ3v) is 4.95. The molecule has 0 aromatic carbocycles. The Hall–Kier alpha value is -0.650. The largest absolute Gasteiger partial charge is 0.368 e. The van der Waals surface area contributed by atoms with E-state index in [-0.39, 0.29) is 5.91 Å². The molecule has 0 bridgehead atoms. The number of nitrogens with zero attached hydrogens (tertiary/aromatic N) is 2. The zero-order valence-electron chi connectivity index (χ0n) is 11.8. The van der Waals surface area contributed by atoms with Crippen molar-refractivity contribution in [2.45, 2.75) is 43.8 Å². The smallest absolute Gasteiger partial charge is 0.237 e. The van der Waals surface area contributed by atoms with E-state index in [9.17, 15) is 4.79 Å². The van der Waals surface area contributed by atoms with Gasteiger partial charge in [0.2, 0.25) is 5.91 Å². The van der Waals surface area contributed by atoms with Crippen molar-refractivity contribution in [2.24, 2.45) is 5.73 Å². The summed E-state index contributed by atoms with van der Waals surface area (Å²) in [4.78, 5) is 16.6. The Bertz CT molecular complexity index is 322. The Labute approximate surface area is 110 Å². The first-order valence-electron chi connectivity index (χ1n) is 6.91. The summed E-state index contributed by atoms with van der Waals surface area (Å²) in [6.45, 7) is 5.57. The standard InChI is InChI=1S/C13H26N4O/c1-10-9-17(7-6-16(10)3)11-4-5-13(8-11,15-2)12(14)18/h10-11,15H,4-9H2,1-3H3,(H2,14,18). The molecule has 1 amide bonds. The molecule has 1 heterocycles. The maximum absolute atomic E-state index is 11.6. The van der Waals surface area contributed by atoms with Gasteiger partial charge in [-0.1, -0.05) is 0 Å². The molecule has 1 saturated carbocycles. The minimum Gasteiger partial charge on any atom is -0.368 e. The highest BCUT2D eigenvalue weighted by molar-refractivity contribution is 5.85. The Morgan fingerprint density at radius 3 is 2.67 bits per heavy atom. The zero-order valence-corrected chi connectivity index (χ0v) is 11.8. The van der Waals surface area contributed by atoms with E-state index in [0.717, 1.165) is 38.9 Å². The quantitative estimate of drug-likeness (QED) is 0.721. The molecule has 3 N–H and O–H groups in total. The molecule has 104 valence electrons. The van der Waals surface area contributed by atoms with Gasteiger partial charge in [-0.05, 0) is 40.3 Å². The van der Waals surface area contributed by atoms with Crippen molar-refractivity contribution in [1.29, 1.82) is 0 Å². The van der Waals surface area contributed by atoms with E-state index in [4.69, 9.17) is 5.73 Å². The fraction of sp³-hybridized carbons (Fsp3) is 0.923. The van der Waals surface area contributed by atoms with Crippen LogP contribution in [0.2, 0.25) is 0 Å². The first-order valence-corrected chi connectivity index (χ1v) is 6.91. The predicted molar refractivity (Wildman–Crippen MR) is 72.3 cm³/mol. The lowest BCUT2D eigenvalue weighted by Crippen LogP contribution is -2.56. The average Bonchev–Trinajstić information content (AvgIpc) is 2.78. The van der Waals surface area contributed by atoms with E-state index in [1.807, 2.05) is 7.05 Å². The van der Waals surface area contributed by atoms with Crippen LogP contribution in [0.4, 0.5) is 0 Å². The Morgan fingerprint density at radius 2 is 2.17 bits per heavy atom. The third-order valence-electron chi connectivity index (χ3n) is 4.95. The second kappa shape index (κ2) is 5.15. The molecule has 5 nitrogen and oxygen atoms in total. The molecule has 0 aromatic heterocycles. The minimum absolute atomic E-state index is 0.199. The topological polar surface area (TPSA) is 61.6 Å². The second-order valence-electron chi connectivity index (χ2n) is 5.92. The molecule has 18 heavy (non-hydrogen) atoms. The van der Waals surface area contributed by atoms with Gasteiger partial charge in [-0.3, -0.25) is 9.69 Å². The van der Waals surface area contributed by atoms with Crippen molar-refractivity contribution in [3.05, 3.63) is 0 Å². The van der Waals surface area contributed by atoms with Crippen molar-refractivity contribution in [3.8, 4) is 0 Å². The van der Waals surface area contributed by atoms with Crippen molar-refractivity contribution >= 4 is 5.91 Å². The van der Waals surface area contributed by atoms with Crippen LogP contribution in [-0.2, 0) is 4.79 Å². The highest BCUT2D eigenvalue weighted by atomic mass is 16.1. The van der Waals surface area contributed by atoms with Crippen LogP contribution in [-0.4, -0.2) is 67.1 Å². The number of carbonyl (C=O) groups excluding carboxylic acids is 1. The molecule has 1 aliphatic heterocycles. The maximum atomic E-state index is 11.6.